The van der Waals surface area contributed by atoms with Crippen LogP contribution in [-0.4, -0.2) is 17.3 Å². The molecule has 46 valence electrons. The van der Waals surface area contributed by atoms with E-state index >= 15 is 0 Å². The fourth-order valence-corrected chi connectivity index (χ4v) is 1.17. The fourth-order valence-electron chi connectivity index (χ4n) is 0.423. The third-order valence-corrected chi connectivity index (χ3v) is 2.13. The zero-order chi connectivity index (χ0) is 6.15. The first kappa shape index (κ1) is 6.01. The number of carbonyl (C=O) groups is 1. The summed E-state index contributed by atoms with van der Waals surface area (Å²) >= 11 is 0.978. The van der Waals surface area contributed by atoms with E-state index in [0.717, 1.165) is 11.8 Å². The van der Waals surface area contributed by atoms with Crippen LogP contribution in [0.15, 0.2) is 0 Å². The first-order chi connectivity index (χ1) is 3.72. The van der Waals surface area contributed by atoms with Gasteiger partial charge in [0, 0.05) is 5.75 Å². The topological polar surface area (TPSA) is 17.1 Å². The molecule has 0 aliphatic carbocycles. The molecule has 0 spiro atoms. The zero-order valence-corrected chi connectivity index (χ0v) is 4.75. The SMILES string of the molecule is O=C1SCC1C(F)F. The van der Waals surface area contributed by atoms with Crippen molar-refractivity contribution >= 4 is 16.9 Å². The lowest BCUT2D eigenvalue weighted by Crippen LogP contribution is -2.31. The van der Waals surface area contributed by atoms with E-state index in [2.05, 4.69) is 0 Å². The normalized spacial score (nSPS) is 28.4. The summed E-state index contributed by atoms with van der Waals surface area (Å²) in [7, 11) is 0. The molecule has 1 fully saturated rings. The molecule has 0 aromatic heterocycles. The van der Waals surface area contributed by atoms with Crippen molar-refractivity contribution in [3.63, 3.8) is 0 Å². The highest BCUT2D eigenvalue weighted by Crippen LogP contribution is 2.31. The number of hydrogen-bond acceptors (Lipinski definition) is 2. The molecule has 8 heavy (non-hydrogen) atoms. The summed E-state index contributed by atoms with van der Waals surface area (Å²) in [5.41, 5.74) is 0. The monoisotopic (exact) mass is 138 g/mol. The molecular formula is C4H4F2OS. The van der Waals surface area contributed by atoms with Crippen molar-refractivity contribution in [2.24, 2.45) is 5.92 Å². The second-order valence-electron chi connectivity index (χ2n) is 1.57. The quantitative estimate of drug-likeness (QED) is 0.540. The van der Waals surface area contributed by atoms with E-state index < -0.39 is 12.3 Å². The Kier molecular flexibility index (Phi) is 1.51. The largest absolute Gasteiger partial charge is 0.287 e. The van der Waals surface area contributed by atoms with Crippen LogP contribution in [-0.2, 0) is 4.79 Å². The van der Waals surface area contributed by atoms with Crippen molar-refractivity contribution in [1.29, 1.82) is 0 Å². The van der Waals surface area contributed by atoms with Gasteiger partial charge in [-0.25, -0.2) is 8.78 Å². The minimum Gasteiger partial charge on any atom is -0.287 e. The smallest absolute Gasteiger partial charge is 0.249 e. The minimum absolute atomic E-state index is 0.302. The number of rotatable bonds is 1. The lowest BCUT2D eigenvalue weighted by atomic mass is 10.2. The maximum atomic E-state index is 11.5. The molecule has 1 atom stereocenters. The molecule has 1 rings (SSSR count). The van der Waals surface area contributed by atoms with Gasteiger partial charge >= 0.3 is 0 Å². The Morgan fingerprint density at radius 2 is 2.38 bits per heavy atom. The lowest BCUT2D eigenvalue weighted by Gasteiger charge is -2.20. The number of halogens is 2. The Morgan fingerprint density at radius 3 is 2.38 bits per heavy atom. The number of alkyl halides is 2. The first-order valence-electron chi connectivity index (χ1n) is 2.16. The van der Waals surface area contributed by atoms with Crippen LogP contribution in [0.1, 0.15) is 0 Å². The van der Waals surface area contributed by atoms with Crippen molar-refractivity contribution in [3.8, 4) is 0 Å². The summed E-state index contributed by atoms with van der Waals surface area (Å²) in [6.07, 6.45) is -2.44. The van der Waals surface area contributed by atoms with Gasteiger partial charge in [0.15, 0.2) is 5.12 Å². The van der Waals surface area contributed by atoms with E-state index in [0.29, 0.717) is 5.75 Å². The van der Waals surface area contributed by atoms with Crippen LogP contribution in [0.5, 0.6) is 0 Å². The predicted molar refractivity (Wildman–Crippen MR) is 27.0 cm³/mol. The van der Waals surface area contributed by atoms with E-state index in [1.807, 2.05) is 0 Å². The van der Waals surface area contributed by atoms with Gasteiger partial charge in [0.25, 0.3) is 0 Å². The maximum absolute atomic E-state index is 11.5. The van der Waals surface area contributed by atoms with Crippen molar-refractivity contribution in [1.82, 2.24) is 0 Å². The van der Waals surface area contributed by atoms with Crippen molar-refractivity contribution in [2.45, 2.75) is 6.43 Å². The Labute approximate surface area is 49.4 Å². The van der Waals surface area contributed by atoms with Gasteiger partial charge in [-0.05, 0) is 0 Å². The van der Waals surface area contributed by atoms with E-state index in [1.165, 1.54) is 0 Å². The second kappa shape index (κ2) is 2.01. The Hall–Kier alpha value is -0.120. The molecule has 1 aliphatic rings. The van der Waals surface area contributed by atoms with Gasteiger partial charge in [-0.1, -0.05) is 11.8 Å². The highest BCUT2D eigenvalue weighted by atomic mass is 32.2. The second-order valence-corrected chi connectivity index (χ2v) is 2.60. The van der Waals surface area contributed by atoms with Gasteiger partial charge in [-0.3, -0.25) is 4.79 Å². The van der Waals surface area contributed by atoms with Crippen LogP contribution in [0.4, 0.5) is 8.78 Å². The van der Waals surface area contributed by atoms with E-state index in [9.17, 15) is 13.6 Å². The van der Waals surface area contributed by atoms with Gasteiger partial charge in [0.05, 0.1) is 5.92 Å². The molecule has 0 aromatic carbocycles. The van der Waals surface area contributed by atoms with Gasteiger partial charge in [-0.2, -0.15) is 0 Å². The number of thioether (sulfide) groups is 1. The summed E-state index contributed by atoms with van der Waals surface area (Å²) in [6.45, 7) is 0. The number of hydrogen-bond donors (Lipinski definition) is 0. The zero-order valence-electron chi connectivity index (χ0n) is 3.93. The van der Waals surface area contributed by atoms with Gasteiger partial charge in [0.1, 0.15) is 0 Å². The summed E-state index contributed by atoms with van der Waals surface area (Å²) in [5.74, 6) is -0.656. The van der Waals surface area contributed by atoms with Crippen LogP contribution in [0, 0.1) is 5.92 Å². The van der Waals surface area contributed by atoms with Crippen LogP contribution in [0.25, 0.3) is 0 Å². The molecule has 1 heterocycles. The minimum atomic E-state index is -2.44. The Balaban J connectivity index is 2.37. The van der Waals surface area contributed by atoms with Crippen LogP contribution in [0.2, 0.25) is 0 Å². The Morgan fingerprint density at radius 1 is 1.75 bits per heavy atom. The predicted octanol–water partition coefficient (Wildman–Crippen LogP) is 1.14. The molecular weight excluding hydrogens is 134 g/mol. The highest BCUT2D eigenvalue weighted by Gasteiger charge is 2.36. The molecule has 1 unspecified atom stereocenters. The van der Waals surface area contributed by atoms with Crippen molar-refractivity contribution in [3.05, 3.63) is 0 Å². The molecule has 0 saturated carbocycles. The molecule has 4 heteroatoms. The third kappa shape index (κ3) is 0.844. The average Bonchev–Trinajstić information content (AvgIpc) is 1.61. The molecule has 0 radical (unpaired) electrons. The van der Waals surface area contributed by atoms with Crippen molar-refractivity contribution in [2.75, 3.05) is 5.75 Å². The van der Waals surface area contributed by atoms with Gasteiger partial charge in [-0.15, -0.1) is 0 Å². The Bertz CT molecular complexity index is 115. The molecule has 1 nitrogen and oxygen atoms in total. The summed E-state index contributed by atoms with van der Waals surface area (Å²) < 4.78 is 23.0. The van der Waals surface area contributed by atoms with Gasteiger partial charge < -0.3 is 0 Å². The maximum Gasteiger partial charge on any atom is 0.249 e. The lowest BCUT2D eigenvalue weighted by molar-refractivity contribution is -0.119. The summed E-state index contributed by atoms with van der Waals surface area (Å²) in [5, 5.41) is -0.361. The first-order valence-corrected chi connectivity index (χ1v) is 3.15. The van der Waals surface area contributed by atoms with E-state index in [-0.39, 0.29) is 5.12 Å². The molecule has 0 amide bonds. The molecule has 1 aliphatic heterocycles. The third-order valence-electron chi connectivity index (χ3n) is 1.01. The molecule has 0 N–H and O–H groups in total. The van der Waals surface area contributed by atoms with Crippen molar-refractivity contribution < 1.29 is 13.6 Å². The number of carbonyl (C=O) groups excluding carboxylic acids is 1. The summed E-state index contributed by atoms with van der Waals surface area (Å²) in [6, 6.07) is 0. The van der Waals surface area contributed by atoms with Crippen LogP contribution >= 0.6 is 11.8 Å². The standard InChI is InChI=1S/C4H4F2OS/c5-3(6)2-1-8-4(2)7/h2-3H,1H2. The summed E-state index contributed by atoms with van der Waals surface area (Å²) in [4.78, 5) is 10.2. The average molecular weight is 138 g/mol. The highest BCUT2D eigenvalue weighted by molar-refractivity contribution is 8.15. The molecule has 0 bridgehead atoms. The van der Waals surface area contributed by atoms with E-state index in [1.54, 1.807) is 0 Å². The molecule has 1 saturated heterocycles. The van der Waals surface area contributed by atoms with Crippen LogP contribution in [0.3, 0.4) is 0 Å². The van der Waals surface area contributed by atoms with Gasteiger partial charge in [0.2, 0.25) is 6.43 Å². The van der Waals surface area contributed by atoms with Crippen LogP contribution < -0.4 is 0 Å². The molecule has 0 aromatic rings. The van der Waals surface area contributed by atoms with E-state index in [4.69, 9.17) is 0 Å². The fraction of sp³-hybridized carbons (Fsp3) is 0.750.